The smallest absolute Gasteiger partial charge is 0.153 e. The number of benzene rings is 1. The molecule has 3 heteroatoms. The van der Waals surface area contributed by atoms with E-state index in [1.807, 2.05) is 0 Å². The predicted molar refractivity (Wildman–Crippen MR) is 46.5 cm³/mol. The lowest BCUT2D eigenvalue weighted by atomic mass is 10.1. The van der Waals surface area contributed by atoms with Crippen LogP contribution in [-0.2, 0) is 9.59 Å². The number of rotatable bonds is 3. The van der Waals surface area contributed by atoms with Gasteiger partial charge in [0, 0.05) is 0 Å². The van der Waals surface area contributed by atoms with E-state index in [4.69, 9.17) is 0 Å². The van der Waals surface area contributed by atoms with Crippen LogP contribution in [-0.4, -0.2) is 12.6 Å². The quantitative estimate of drug-likeness (QED) is 0.305. The second kappa shape index (κ2) is 4.30. The van der Waals surface area contributed by atoms with Crippen molar-refractivity contribution in [2.24, 2.45) is 0 Å². The Hall–Kier alpha value is -1.77. The molecule has 0 aliphatic rings. The number of halogens is 1. The first-order valence-electron chi connectivity index (χ1n) is 3.64. The predicted octanol–water partition coefficient (Wildman–Crippen LogP) is 1.61. The summed E-state index contributed by atoms with van der Waals surface area (Å²) in [5.41, 5.74) is 0.655. The van der Waals surface area contributed by atoms with Gasteiger partial charge in [0.2, 0.25) is 0 Å². The van der Waals surface area contributed by atoms with Gasteiger partial charge in [0.05, 0.1) is 5.57 Å². The molecule has 0 aromatic heterocycles. The summed E-state index contributed by atoms with van der Waals surface area (Å²) in [5.74, 6) is -0.351. The Morgan fingerprint density at radius 2 is 1.62 bits per heavy atom. The minimum Gasteiger partial charge on any atom is -0.298 e. The van der Waals surface area contributed by atoms with Crippen LogP contribution >= 0.6 is 0 Å². The summed E-state index contributed by atoms with van der Waals surface area (Å²) >= 11 is 0. The lowest BCUT2D eigenvalue weighted by Gasteiger charge is -1.92. The van der Waals surface area contributed by atoms with Crippen LogP contribution in [0.25, 0.3) is 6.08 Å². The van der Waals surface area contributed by atoms with Gasteiger partial charge >= 0.3 is 0 Å². The van der Waals surface area contributed by atoms with Gasteiger partial charge in [-0.1, -0.05) is 12.1 Å². The Morgan fingerprint density at radius 1 is 1.08 bits per heavy atom. The number of hydrogen-bond donors (Lipinski definition) is 0. The first kappa shape index (κ1) is 9.32. The Balaban J connectivity index is 2.96. The average molecular weight is 178 g/mol. The summed E-state index contributed by atoms with van der Waals surface area (Å²) in [5, 5.41) is 0. The average Bonchev–Trinajstić information content (AvgIpc) is 2.17. The number of carbonyl (C=O) groups is 2. The van der Waals surface area contributed by atoms with E-state index in [-0.39, 0.29) is 11.4 Å². The fourth-order valence-electron chi connectivity index (χ4n) is 0.847. The second-order valence-electron chi connectivity index (χ2n) is 2.43. The van der Waals surface area contributed by atoms with Gasteiger partial charge in [0.25, 0.3) is 0 Å². The van der Waals surface area contributed by atoms with Crippen molar-refractivity contribution in [3.05, 3.63) is 41.2 Å². The fraction of sp³-hybridized carbons (Fsp3) is 0. The molecule has 1 aromatic carbocycles. The van der Waals surface area contributed by atoms with Crippen molar-refractivity contribution in [3.8, 4) is 0 Å². The van der Waals surface area contributed by atoms with E-state index in [1.54, 1.807) is 0 Å². The Kier molecular flexibility index (Phi) is 3.09. The highest BCUT2D eigenvalue weighted by molar-refractivity contribution is 6.04. The molecule has 0 aliphatic carbocycles. The molecule has 0 aliphatic heterocycles. The summed E-state index contributed by atoms with van der Waals surface area (Å²) in [6.07, 6.45) is 2.30. The molecule has 0 amide bonds. The number of hydrogen-bond acceptors (Lipinski definition) is 2. The van der Waals surface area contributed by atoms with Gasteiger partial charge in [0.15, 0.2) is 12.6 Å². The molecule has 0 fully saturated rings. The molecule has 0 bridgehead atoms. The molecule has 0 atom stereocenters. The maximum absolute atomic E-state index is 12.4. The van der Waals surface area contributed by atoms with Gasteiger partial charge in [-0.15, -0.1) is 0 Å². The molecular formula is C10H7FO2. The van der Waals surface area contributed by atoms with Crippen molar-refractivity contribution in [2.75, 3.05) is 0 Å². The van der Waals surface area contributed by atoms with Crippen molar-refractivity contribution in [2.45, 2.75) is 0 Å². The van der Waals surface area contributed by atoms with Crippen LogP contribution in [0.4, 0.5) is 4.39 Å². The third-order valence-corrected chi connectivity index (χ3v) is 1.48. The van der Waals surface area contributed by atoms with Crippen molar-refractivity contribution in [1.82, 2.24) is 0 Å². The summed E-state index contributed by atoms with van der Waals surface area (Å²) < 4.78 is 12.4. The molecule has 1 rings (SSSR count). The minimum absolute atomic E-state index is 0.0339. The summed E-state index contributed by atoms with van der Waals surface area (Å²) in [6, 6.07) is 5.50. The zero-order chi connectivity index (χ0) is 9.68. The highest BCUT2D eigenvalue weighted by Gasteiger charge is 1.93. The highest BCUT2D eigenvalue weighted by Crippen LogP contribution is 2.06. The molecule has 66 valence electrons. The van der Waals surface area contributed by atoms with Crippen molar-refractivity contribution >= 4 is 18.6 Å². The van der Waals surface area contributed by atoms with Gasteiger partial charge in [-0.2, -0.15) is 0 Å². The number of allylic oxidation sites excluding steroid dienone is 1. The molecule has 0 spiro atoms. The van der Waals surface area contributed by atoms with E-state index in [1.165, 1.54) is 30.3 Å². The van der Waals surface area contributed by atoms with Gasteiger partial charge in [-0.05, 0) is 23.8 Å². The van der Waals surface area contributed by atoms with Gasteiger partial charge in [-0.25, -0.2) is 4.39 Å². The van der Waals surface area contributed by atoms with Crippen LogP contribution in [0.15, 0.2) is 29.8 Å². The maximum atomic E-state index is 12.4. The molecule has 0 heterocycles. The summed E-state index contributed by atoms with van der Waals surface area (Å²) in [7, 11) is 0. The van der Waals surface area contributed by atoms with E-state index in [9.17, 15) is 14.0 Å². The molecule has 0 unspecified atom stereocenters. The van der Waals surface area contributed by atoms with E-state index in [2.05, 4.69) is 0 Å². The van der Waals surface area contributed by atoms with Crippen LogP contribution in [0, 0.1) is 5.82 Å². The van der Waals surface area contributed by atoms with Crippen LogP contribution in [0.3, 0.4) is 0 Å². The molecule has 0 saturated heterocycles. The third-order valence-electron chi connectivity index (χ3n) is 1.48. The third kappa shape index (κ3) is 2.63. The minimum atomic E-state index is -0.351. The lowest BCUT2D eigenvalue weighted by Crippen LogP contribution is -1.85. The molecule has 0 saturated carbocycles. The summed E-state index contributed by atoms with van der Waals surface area (Å²) in [4.78, 5) is 20.5. The first-order chi connectivity index (χ1) is 6.26. The summed E-state index contributed by atoms with van der Waals surface area (Å²) in [6.45, 7) is 0. The van der Waals surface area contributed by atoms with Gasteiger partial charge in [0.1, 0.15) is 5.82 Å². The highest BCUT2D eigenvalue weighted by atomic mass is 19.1. The zero-order valence-corrected chi connectivity index (χ0v) is 6.74. The molecular weight excluding hydrogens is 171 g/mol. The molecule has 2 nitrogen and oxygen atoms in total. The number of carbonyl (C=O) groups excluding carboxylic acids is 2. The topological polar surface area (TPSA) is 34.1 Å². The fourth-order valence-corrected chi connectivity index (χ4v) is 0.847. The monoisotopic (exact) mass is 178 g/mol. The standard InChI is InChI=1S/C10H7FO2/c11-10-3-1-8(2-4-10)5-9(6-12)7-13/h1-7H. The normalized spacial score (nSPS) is 9.00. The Bertz CT molecular complexity index is 328. The van der Waals surface area contributed by atoms with E-state index < -0.39 is 0 Å². The van der Waals surface area contributed by atoms with Crippen LogP contribution in [0.1, 0.15) is 5.56 Å². The Morgan fingerprint density at radius 3 is 2.08 bits per heavy atom. The van der Waals surface area contributed by atoms with E-state index >= 15 is 0 Å². The Labute approximate surface area is 74.7 Å². The number of aldehydes is 2. The largest absolute Gasteiger partial charge is 0.298 e. The molecule has 0 radical (unpaired) electrons. The van der Waals surface area contributed by atoms with Crippen LogP contribution < -0.4 is 0 Å². The van der Waals surface area contributed by atoms with E-state index in [0.29, 0.717) is 18.1 Å². The van der Waals surface area contributed by atoms with Crippen molar-refractivity contribution in [3.63, 3.8) is 0 Å². The first-order valence-corrected chi connectivity index (χ1v) is 3.64. The van der Waals surface area contributed by atoms with E-state index in [0.717, 1.165) is 0 Å². The lowest BCUT2D eigenvalue weighted by molar-refractivity contribution is -0.109. The zero-order valence-electron chi connectivity index (χ0n) is 6.74. The molecule has 13 heavy (non-hydrogen) atoms. The van der Waals surface area contributed by atoms with Crippen molar-refractivity contribution in [1.29, 1.82) is 0 Å². The molecule has 0 N–H and O–H groups in total. The maximum Gasteiger partial charge on any atom is 0.153 e. The molecule has 1 aromatic rings. The second-order valence-corrected chi connectivity index (χ2v) is 2.43. The van der Waals surface area contributed by atoms with Gasteiger partial charge < -0.3 is 0 Å². The van der Waals surface area contributed by atoms with Crippen LogP contribution in [0.5, 0.6) is 0 Å². The van der Waals surface area contributed by atoms with Gasteiger partial charge in [-0.3, -0.25) is 9.59 Å². The van der Waals surface area contributed by atoms with Crippen molar-refractivity contribution < 1.29 is 14.0 Å². The van der Waals surface area contributed by atoms with Crippen LogP contribution in [0.2, 0.25) is 0 Å². The SMILES string of the molecule is O=CC(C=O)=Cc1ccc(F)cc1.